The topological polar surface area (TPSA) is 74.6 Å². The molecule has 0 spiro atoms. The van der Waals surface area contributed by atoms with Crippen molar-refractivity contribution >= 4 is 0 Å². The molecule has 0 bridgehead atoms. The van der Waals surface area contributed by atoms with Crippen LogP contribution in [0, 0.1) is 0 Å². The van der Waals surface area contributed by atoms with Crippen molar-refractivity contribution in [3.05, 3.63) is 24.4 Å². The van der Waals surface area contributed by atoms with Crippen LogP contribution in [0.4, 0.5) is 4.39 Å². The first kappa shape index (κ1) is 14.1. The Morgan fingerprint density at radius 3 is 3.09 bits per heavy atom. The first-order valence-electron chi connectivity index (χ1n) is 7.82. The normalized spacial score (nSPS) is 14.7. The number of fused-ring (bicyclic) bond motifs is 1. The maximum atomic E-state index is 12.4. The Kier molecular flexibility index (Phi) is 3.64. The van der Waals surface area contributed by atoms with E-state index in [0.717, 1.165) is 30.9 Å². The lowest BCUT2D eigenvalue weighted by atomic mass is 10.2. The fourth-order valence-corrected chi connectivity index (χ4v) is 2.90. The third-order valence-corrected chi connectivity index (χ3v) is 4.07. The highest BCUT2D eigenvalue weighted by Gasteiger charge is 2.19. The smallest absolute Gasteiger partial charge is 0.276 e. The monoisotopic (exact) mass is 316 g/mol. The molecule has 0 saturated heterocycles. The molecule has 8 heteroatoms. The molecule has 4 heterocycles. The van der Waals surface area contributed by atoms with Crippen LogP contribution in [0.25, 0.3) is 23.0 Å². The van der Waals surface area contributed by atoms with E-state index in [9.17, 15) is 4.39 Å². The summed E-state index contributed by atoms with van der Waals surface area (Å²) < 4.78 is 21.4. The number of hydrogen-bond donors (Lipinski definition) is 0. The van der Waals surface area contributed by atoms with E-state index in [1.54, 1.807) is 18.6 Å². The minimum Gasteiger partial charge on any atom is -0.332 e. The van der Waals surface area contributed by atoms with Crippen LogP contribution in [0.3, 0.4) is 0 Å². The van der Waals surface area contributed by atoms with E-state index in [1.807, 2.05) is 0 Å². The Labute approximate surface area is 132 Å². The Balaban J connectivity index is 1.64. The summed E-state index contributed by atoms with van der Waals surface area (Å²) in [5.74, 6) is 1.99. The zero-order chi connectivity index (χ0) is 15.6. The van der Waals surface area contributed by atoms with Crippen molar-refractivity contribution < 1.29 is 8.91 Å². The molecule has 0 radical (unpaired) electrons. The second kappa shape index (κ2) is 5.94. The summed E-state index contributed by atoms with van der Waals surface area (Å²) in [6.45, 7) is 0.693. The highest BCUT2D eigenvalue weighted by atomic mass is 19.1. The van der Waals surface area contributed by atoms with Gasteiger partial charge in [-0.25, -0.2) is 9.37 Å². The van der Waals surface area contributed by atoms with Crippen LogP contribution < -0.4 is 0 Å². The lowest BCUT2D eigenvalue weighted by Crippen LogP contribution is -2.02. The first-order chi connectivity index (χ1) is 11.3. The molecule has 0 N–H and O–H groups in total. The van der Waals surface area contributed by atoms with Crippen LogP contribution in [-0.4, -0.2) is 36.1 Å². The van der Waals surface area contributed by atoms with Crippen molar-refractivity contribution in [3.8, 4) is 23.0 Å². The molecule has 0 atom stereocenters. The van der Waals surface area contributed by atoms with E-state index < -0.39 is 6.67 Å². The fraction of sp³-hybridized carbons (Fsp3) is 0.467. The molecule has 3 aromatic rings. The maximum Gasteiger partial charge on any atom is 0.276 e. The number of rotatable bonds is 4. The summed E-state index contributed by atoms with van der Waals surface area (Å²) >= 11 is 0. The summed E-state index contributed by atoms with van der Waals surface area (Å²) in [7, 11) is 0. The second-order valence-corrected chi connectivity index (χ2v) is 5.63. The van der Waals surface area contributed by atoms with E-state index in [1.165, 1.54) is 17.5 Å². The van der Waals surface area contributed by atoms with Gasteiger partial charge in [-0.3, -0.25) is 4.68 Å². The molecule has 0 fully saturated rings. The minimum absolute atomic E-state index is 0.223. The van der Waals surface area contributed by atoms with Gasteiger partial charge in [-0.1, -0.05) is 11.6 Å². The standard InChI is InChI=1S/C15H17FN6O/c16-5-7-21-10-11(8-18-21)14-19-15(23-20-14)12-9-17-13-4-2-1-3-6-22(12)13/h8-10H,1-7H2. The summed E-state index contributed by atoms with van der Waals surface area (Å²) in [5.41, 5.74) is 1.57. The third kappa shape index (κ3) is 2.64. The van der Waals surface area contributed by atoms with E-state index in [4.69, 9.17) is 4.52 Å². The van der Waals surface area contributed by atoms with Gasteiger partial charge in [-0.15, -0.1) is 0 Å². The van der Waals surface area contributed by atoms with Crippen molar-refractivity contribution in [3.63, 3.8) is 0 Å². The molecule has 0 aromatic carbocycles. The van der Waals surface area contributed by atoms with Crippen LogP contribution in [0.15, 0.2) is 23.1 Å². The molecule has 3 aromatic heterocycles. The summed E-state index contributed by atoms with van der Waals surface area (Å²) in [5, 5.41) is 8.09. The number of halogens is 1. The van der Waals surface area contributed by atoms with E-state index in [0.29, 0.717) is 17.3 Å². The Morgan fingerprint density at radius 2 is 2.17 bits per heavy atom. The number of aryl methyl sites for hydroxylation is 2. The summed E-state index contributed by atoms with van der Waals surface area (Å²) in [4.78, 5) is 8.93. The highest BCUT2D eigenvalue weighted by molar-refractivity contribution is 5.56. The minimum atomic E-state index is -0.458. The van der Waals surface area contributed by atoms with Crippen LogP contribution in [0.5, 0.6) is 0 Å². The van der Waals surface area contributed by atoms with Gasteiger partial charge in [0, 0.05) is 19.2 Å². The molecule has 0 unspecified atom stereocenters. The van der Waals surface area contributed by atoms with Gasteiger partial charge in [-0.05, 0) is 12.8 Å². The van der Waals surface area contributed by atoms with Gasteiger partial charge in [0.1, 0.15) is 18.2 Å². The van der Waals surface area contributed by atoms with Crippen LogP contribution in [0.2, 0.25) is 0 Å². The molecule has 4 rings (SSSR count). The molecule has 1 aliphatic rings. The largest absolute Gasteiger partial charge is 0.332 e. The molecule has 0 aliphatic carbocycles. The predicted molar refractivity (Wildman–Crippen MR) is 80.3 cm³/mol. The van der Waals surface area contributed by atoms with Crippen LogP contribution >= 0.6 is 0 Å². The van der Waals surface area contributed by atoms with Crippen LogP contribution in [-0.2, 0) is 19.5 Å². The molecule has 0 amide bonds. The van der Waals surface area contributed by atoms with Gasteiger partial charge in [0.2, 0.25) is 5.82 Å². The third-order valence-electron chi connectivity index (χ3n) is 4.07. The van der Waals surface area contributed by atoms with E-state index in [2.05, 4.69) is 24.8 Å². The Bertz CT molecular complexity index is 805. The van der Waals surface area contributed by atoms with Crippen LogP contribution in [0.1, 0.15) is 25.1 Å². The Hall–Kier alpha value is -2.51. The zero-order valence-corrected chi connectivity index (χ0v) is 12.7. The first-order valence-corrected chi connectivity index (χ1v) is 7.82. The quantitative estimate of drug-likeness (QED) is 0.739. The van der Waals surface area contributed by atoms with Crippen molar-refractivity contribution in [1.29, 1.82) is 0 Å². The van der Waals surface area contributed by atoms with Gasteiger partial charge in [0.05, 0.1) is 24.5 Å². The highest BCUT2D eigenvalue weighted by Crippen LogP contribution is 2.25. The SMILES string of the molecule is FCCn1cc(-c2noc(-c3cnc4n3CCCCC4)n2)cn1. The Morgan fingerprint density at radius 1 is 1.22 bits per heavy atom. The molecular weight excluding hydrogens is 299 g/mol. The van der Waals surface area contributed by atoms with Crippen molar-refractivity contribution in [2.24, 2.45) is 0 Å². The lowest BCUT2D eigenvalue weighted by Gasteiger charge is -2.04. The van der Waals surface area contributed by atoms with Crippen molar-refractivity contribution in [2.75, 3.05) is 6.67 Å². The average molecular weight is 316 g/mol. The van der Waals surface area contributed by atoms with Gasteiger partial charge < -0.3 is 9.09 Å². The predicted octanol–water partition coefficient (Wildman–Crippen LogP) is 2.49. The average Bonchev–Trinajstić information content (AvgIpc) is 3.25. The number of aromatic nitrogens is 6. The number of imidazole rings is 1. The number of nitrogens with zero attached hydrogens (tertiary/aromatic N) is 6. The molecule has 0 saturated carbocycles. The molecular formula is C15H17FN6O. The van der Waals surface area contributed by atoms with E-state index >= 15 is 0 Å². The second-order valence-electron chi connectivity index (χ2n) is 5.63. The fourth-order valence-electron chi connectivity index (χ4n) is 2.90. The van der Waals surface area contributed by atoms with Crippen molar-refractivity contribution in [2.45, 2.75) is 38.8 Å². The van der Waals surface area contributed by atoms with Crippen molar-refractivity contribution in [1.82, 2.24) is 29.5 Å². The maximum absolute atomic E-state index is 12.4. The van der Waals surface area contributed by atoms with Gasteiger partial charge in [0.15, 0.2) is 0 Å². The molecule has 1 aliphatic heterocycles. The molecule has 7 nitrogen and oxygen atoms in total. The zero-order valence-electron chi connectivity index (χ0n) is 12.7. The van der Waals surface area contributed by atoms with E-state index in [-0.39, 0.29) is 6.54 Å². The number of hydrogen-bond acceptors (Lipinski definition) is 5. The number of alkyl halides is 1. The van der Waals surface area contributed by atoms with Gasteiger partial charge in [0.25, 0.3) is 5.89 Å². The summed E-state index contributed by atoms with van der Waals surface area (Å²) in [6.07, 6.45) is 9.62. The summed E-state index contributed by atoms with van der Waals surface area (Å²) in [6, 6.07) is 0. The van der Waals surface area contributed by atoms with Gasteiger partial charge >= 0.3 is 0 Å². The lowest BCUT2D eigenvalue weighted by molar-refractivity contribution is 0.426. The van der Waals surface area contributed by atoms with Gasteiger partial charge in [-0.2, -0.15) is 10.1 Å². The molecule has 120 valence electrons. The molecule has 23 heavy (non-hydrogen) atoms.